The van der Waals surface area contributed by atoms with Crippen molar-refractivity contribution in [3.8, 4) is 5.75 Å². The highest BCUT2D eigenvalue weighted by atomic mass is 16.3. The number of urea groups is 1. The van der Waals surface area contributed by atoms with E-state index in [1.807, 2.05) is 6.07 Å². The monoisotopic (exact) mass is 407 g/mol. The highest BCUT2D eigenvalue weighted by molar-refractivity contribution is 5.94. The molecular weight excluding hydrogens is 378 g/mol. The Balaban J connectivity index is 1.31. The van der Waals surface area contributed by atoms with E-state index in [4.69, 9.17) is 0 Å². The fourth-order valence-electron chi connectivity index (χ4n) is 4.67. The van der Waals surface area contributed by atoms with E-state index in [-0.39, 0.29) is 23.1 Å². The summed E-state index contributed by atoms with van der Waals surface area (Å²) in [5.74, 6) is 0.0765. The summed E-state index contributed by atoms with van der Waals surface area (Å²) < 4.78 is 0. The lowest BCUT2D eigenvalue weighted by molar-refractivity contribution is 0.0664. The van der Waals surface area contributed by atoms with E-state index in [0.717, 1.165) is 12.8 Å². The summed E-state index contributed by atoms with van der Waals surface area (Å²) in [4.78, 5) is 29.0. The van der Waals surface area contributed by atoms with E-state index in [1.54, 1.807) is 21.9 Å². The molecule has 158 valence electrons. The summed E-state index contributed by atoms with van der Waals surface area (Å²) in [7, 11) is 0. The minimum atomic E-state index is -0.0657. The molecule has 2 aromatic rings. The van der Waals surface area contributed by atoms with Gasteiger partial charge in [-0.2, -0.15) is 0 Å². The summed E-state index contributed by atoms with van der Waals surface area (Å²) in [5.41, 5.74) is 1.90. The van der Waals surface area contributed by atoms with Crippen LogP contribution in [0.1, 0.15) is 41.6 Å². The molecule has 1 aliphatic carbocycles. The van der Waals surface area contributed by atoms with Gasteiger partial charge in [0.05, 0.1) is 0 Å². The molecular formula is C24H29N3O3. The molecule has 0 aromatic heterocycles. The zero-order valence-corrected chi connectivity index (χ0v) is 17.2. The number of amides is 3. The van der Waals surface area contributed by atoms with Gasteiger partial charge in [-0.05, 0) is 42.7 Å². The van der Waals surface area contributed by atoms with Gasteiger partial charge < -0.3 is 20.2 Å². The van der Waals surface area contributed by atoms with Crippen LogP contribution < -0.4 is 5.32 Å². The molecule has 3 amide bonds. The Kier molecular flexibility index (Phi) is 5.93. The Hall–Kier alpha value is -3.02. The van der Waals surface area contributed by atoms with Gasteiger partial charge in [0.1, 0.15) is 5.75 Å². The highest BCUT2D eigenvalue weighted by Gasteiger charge is 2.36. The number of nitrogens with zero attached hydrogens (tertiary/aromatic N) is 2. The third-order valence-corrected chi connectivity index (χ3v) is 6.49. The van der Waals surface area contributed by atoms with E-state index < -0.39 is 0 Å². The molecule has 1 heterocycles. The summed E-state index contributed by atoms with van der Waals surface area (Å²) in [6.45, 7) is 2.72. The number of carbonyl (C=O) groups excluding carboxylic acids is 2. The molecule has 0 atom stereocenters. The lowest BCUT2D eigenvalue weighted by atomic mass is 9.79. The van der Waals surface area contributed by atoms with Crippen molar-refractivity contribution >= 4 is 11.9 Å². The molecule has 2 aliphatic rings. The third-order valence-electron chi connectivity index (χ3n) is 6.49. The number of piperazine rings is 1. The van der Waals surface area contributed by atoms with Crippen molar-refractivity contribution < 1.29 is 14.7 Å². The molecule has 0 unspecified atom stereocenters. The number of hydrogen-bond donors (Lipinski definition) is 2. The van der Waals surface area contributed by atoms with Crippen LogP contribution >= 0.6 is 0 Å². The molecule has 1 saturated carbocycles. The minimum absolute atomic E-state index is 0.0353. The maximum atomic E-state index is 12.8. The molecule has 0 spiro atoms. The molecule has 30 heavy (non-hydrogen) atoms. The van der Waals surface area contributed by atoms with Gasteiger partial charge in [-0.15, -0.1) is 0 Å². The zero-order valence-electron chi connectivity index (χ0n) is 17.2. The third kappa shape index (κ3) is 4.27. The number of carbonyl (C=O) groups is 2. The maximum Gasteiger partial charge on any atom is 0.317 e. The van der Waals surface area contributed by atoms with Gasteiger partial charge in [0, 0.05) is 43.7 Å². The summed E-state index contributed by atoms with van der Waals surface area (Å²) in [6.07, 6.45) is 4.60. The SMILES string of the molecule is O=C(NCC1(c2ccccc2)CCCC1)N1CCN(C(=O)c2ccc(O)cc2)CC1. The van der Waals surface area contributed by atoms with Crippen LogP contribution in [0.2, 0.25) is 0 Å². The predicted molar refractivity (Wildman–Crippen MR) is 116 cm³/mol. The smallest absolute Gasteiger partial charge is 0.317 e. The lowest BCUT2D eigenvalue weighted by Gasteiger charge is -2.36. The lowest BCUT2D eigenvalue weighted by Crippen LogP contribution is -2.54. The molecule has 1 aliphatic heterocycles. The van der Waals surface area contributed by atoms with Gasteiger partial charge in [0.2, 0.25) is 0 Å². The molecule has 6 heteroatoms. The fraction of sp³-hybridized carbons (Fsp3) is 0.417. The first-order valence-electron chi connectivity index (χ1n) is 10.7. The Morgan fingerprint density at radius 1 is 0.867 bits per heavy atom. The Morgan fingerprint density at radius 3 is 2.10 bits per heavy atom. The maximum absolute atomic E-state index is 12.8. The van der Waals surface area contributed by atoms with Crippen molar-refractivity contribution in [1.82, 2.24) is 15.1 Å². The van der Waals surface area contributed by atoms with Crippen LogP contribution in [0.5, 0.6) is 5.75 Å². The van der Waals surface area contributed by atoms with Crippen LogP contribution in [0.3, 0.4) is 0 Å². The average Bonchev–Trinajstić information content (AvgIpc) is 3.28. The largest absolute Gasteiger partial charge is 0.508 e. The number of hydrogen-bond acceptors (Lipinski definition) is 3. The van der Waals surface area contributed by atoms with Gasteiger partial charge in [0.15, 0.2) is 0 Å². The summed E-state index contributed by atoms with van der Waals surface area (Å²) >= 11 is 0. The number of nitrogens with one attached hydrogen (secondary N) is 1. The number of benzene rings is 2. The predicted octanol–water partition coefficient (Wildman–Crippen LogP) is 3.37. The van der Waals surface area contributed by atoms with Crippen molar-refractivity contribution in [2.45, 2.75) is 31.1 Å². The standard InChI is InChI=1S/C24H29N3O3/c28-21-10-8-19(9-11-21)22(29)26-14-16-27(17-15-26)23(30)25-18-24(12-4-5-13-24)20-6-2-1-3-7-20/h1-3,6-11,28H,4-5,12-18H2,(H,25,30). The molecule has 2 fully saturated rings. The van der Waals surface area contributed by atoms with Crippen LogP contribution in [0.4, 0.5) is 4.79 Å². The number of phenols is 1. The first kappa shape index (κ1) is 20.3. The summed E-state index contributed by atoms with van der Waals surface area (Å²) in [6, 6.07) is 16.8. The van der Waals surface area contributed by atoms with Gasteiger partial charge >= 0.3 is 6.03 Å². The second kappa shape index (κ2) is 8.78. The van der Waals surface area contributed by atoms with E-state index in [1.165, 1.54) is 30.5 Å². The van der Waals surface area contributed by atoms with Crippen LogP contribution in [0, 0.1) is 0 Å². The second-order valence-corrected chi connectivity index (χ2v) is 8.34. The second-order valence-electron chi connectivity index (χ2n) is 8.34. The van der Waals surface area contributed by atoms with E-state index in [2.05, 4.69) is 29.6 Å². The average molecular weight is 408 g/mol. The minimum Gasteiger partial charge on any atom is -0.508 e. The molecule has 1 saturated heterocycles. The highest BCUT2D eigenvalue weighted by Crippen LogP contribution is 2.40. The van der Waals surface area contributed by atoms with Gasteiger partial charge in [0.25, 0.3) is 5.91 Å². The van der Waals surface area contributed by atoms with Crippen LogP contribution in [0.25, 0.3) is 0 Å². The fourth-order valence-corrected chi connectivity index (χ4v) is 4.67. The quantitative estimate of drug-likeness (QED) is 0.816. The zero-order chi connectivity index (χ0) is 21.0. The van der Waals surface area contributed by atoms with Crippen LogP contribution in [0.15, 0.2) is 54.6 Å². The van der Waals surface area contributed by atoms with Crippen molar-refractivity contribution in [2.75, 3.05) is 32.7 Å². The number of aromatic hydroxyl groups is 1. The number of phenolic OH excluding ortho intramolecular Hbond substituents is 1. The molecule has 0 bridgehead atoms. The Labute approximate surface area is 177 Å². The topological polar surface area (TPSA) is 72.9 Å². The van der Waals surface area contributed by atoms with Gasteiger partial charge in [-0.3, -0.25) is 4.79 Å². The summed E-state index contributed by atoms with van der Waals surface area (Å²) in [5, 5.41) is 12.6. The van der Waals surface area contributed by atoms with Crippen LogP contribution in [-0.4, -0.2) is 59.6 Å². The molecule has 6 nitrogen and oxygen atoms in total. The first-order valence-corrected chi connectivity index (χ1v) is 10.7. The van der Waals surface area contributed by atoms with E-state index >= 15 is 0 Å². The van der Waals surface area contributed by atoms with Crippen molar-refractivity contribution in [2.24, 2.45) is 0 Å². The molecule has 2 aromatic carbocycles. The number of rotatable bonds is 4. The van der Waals surface area contributed by atoms with E-state index in [0.29, 0.717) is 38.3 Å². The Morgan fingerprint density at radius 2 is 1.47 bits per heavy atom. The van der Waals surface area contributed by atoms with Crippen molar-refractivity contribution in [3.63, 3.8) is 0 Å². The first-order chi connectivity index (χ1) is 14.6. The van der Waals surface area contributed by atoms with E-state index in [9.17, 15) is 14.7 Å². The van der Waals surface area contributed by atoms with Gasteiger partial charge in [-0.25, -0.2) is 4.79 Å². The molecule has 0 radical (unpaired) electrons. The van der Waals surface area contributed by atoms with Gasteiger partial charge in [-0.1, -0.05) is 43.2 Å². The van der Waals surface area contributed by atoms with Crippen LogP contribution in [-0.2, 0) is 5.41 Å². The Bertz CT molecular complexity index is 868. The molecule has 4 rings (SSSR count). The van der Waals surface area contributed by atoms with Crippen molar-refractivity contribution in [1.29, 1.82) is 0 Å². The van der Waals surface area contributed by atoms with Crippen molar-refractivity contribution in [3.05, 3.63) is 65.7 Å². The molecule has 2 N–H and O–H groups in total. The normalized spacial score (nSPS) is 18.3.